The van der Waals surface area contributed by atoms with Gasteiger partial charge in [-0.1, -0.05) is 0 Å². The van der Waals surface area contributed by atoms with E-state index in [1.807, 2.05) is 11.8 Å². The van der Waals surface area contributed by atoms with Gasteiger partial charge in [0.2, 0.25) is 0 Å². The molecular weight excluding hydrogens is 258 g/mol. The highest BCUT2D eigenvalue weighted by Gasteiger charge is 2.27. The van der Waals surface area contributed by atoms with E-state index in [0.29, 0.717) is 23.7 Å². The lowest BCUT2D eigenvalue weighted by molar-refractivity contribution is -0.137. The molecule has 1 fully saturated rings. The van der Waals surface area contributed by atoms with E-state index >= 15 is 0 Å². The highest BCUT2D eigenvalue weighted by molar-refractivity contribution is 5.99. The van der Waals surface area contributed by atoms with Crippen molar-refractivity contribution in [1.29, 1.82) is 0 Å². The number of aromatic nitrogens is 1. The number of nitrogens with zero attached hydrogens (tertiary/aromatic N) is 2. The van der Waals surface area contributed by atoms with Gasteiger partial charge < -0.3 is 15.7 Å². The molecule has 20 heavy (non-hydrogen) atoms. The van der Waals surface area contributed by atoms with Gasteiger partial charge in [-0.3, -0.25) is 9.59 Å². The fraction of sp³-hybridized carbons (Fsp3) is 0.500. The second-order valence-electron chi connectivity index (χ2n) is 5.22. The van der Waals surface area contributed by atoms with E-state index in [4.69, 9.17) is 10.8 Å². The number of aliphatic carboxylic acids is 1. The lowest BCUT2D eigenvalue weighted by atomic mass is 10.0. The van der Waals surface area contributed by atoms with E-state index in [2.05, 4.69) is 4.98 Å². The number of hydrogen-bond acceptors (Lipinski definition) is 4. The molecule has 0 aliphatic carbocycles. The summed E-state index contributed by atoms with van der Waals surface area (Å²) in [5.41, 5.74) is 6.71. The van der Waals surface area contributed by atoms with Gasteiger partial charge in [-0.25, -0.2) is 4.98 Å². The number of primary amides is 1. The molecule has 3 N–H and O–H groups in total. The van der Waals surface area contributed by atoms with Crippen molar-refractivity contribution >= 4 is 17.7 Å². The summed E-state index contributed by atoms with van der Waals surface area (Å²) < 4.78 is 0. The Bertz CT molecular complexity index is 530. The van der Waals surface area contributed by atoms with Crippen LogP contribution in [0.1, 0.15) is 35.2 Å². The molecule has 1 aromatic rings. The molecule has 0 aromatic carbocycles. The van der Waals surface area contributed by atoms with Crippen LogP contribution in [-0.2, 0) is 4.79 Å². The Morgan fingerprint density at radius 3 is 2.95 bits per heavy atom. The molecule has 6 heteroatoms. The van der Waals surface area contributed by atoms with Crippen LogP contribution < -0.4 is 10.6 Å². The smallest absolute Gasteiger partial charge is 0.303 e. The van der Waals surface area contributed by atoms with Gasteiger partial charge in [-0.05, 0) is 37.3 Å². The van der Waals surface area contributed by atoms with Crippen LogP contribution >= 0.6 is 0 Å². The molecule has 2 heterocycles. The molecule has 1 amide bonds. The lowest BCUT2D eigenvalue weighted by Crippen LogP contribution is -2.26. The lowest BCUT2D eigenvalue weighted by Gasteiger charge is -2.20. The first kappa shape index (κ1) is 14.3. The van der Waals surface area contributed by atoms with Crippen LogP contribution in [0.5, 0.6) is 0 Å². The van der Waals surface area contributed by atoms with Crippen molar-refractivity contribution in [2.45, 2.75) is 26.2 Å². The number of carboxylic acid groups (broad SMARTS) is 1. The molecule has 0 saturated carbocycles. The van der Waals surface area contributed by atoms with Gasteiger partial charge >= 0.3 is 5.97 Å². The number of amides is 1. The van der Waals surface area contributed by atoms with Crippen LogP contribution in [0.25, 0.3) is 0 Å². The van der Waals surface area contributed by atoms with E-state index in [1.54, 1.807) is 12.3 Å². The first-order valence-corrected chi connectivity index (χ1v) is 6.71. The molecule has 1 atom stereocenters. The SMILES string of the molecule is Cc1ccnc(N2CCC(CCC(=O)O)C2)c1C(N)=O. The third kappa shape index (κ3) is 3.07. The number of pyridine rings is 1. The van der Waals surface area contributed by atoms with Crippen LogP contribution in [0.4, 0.5) is 5.82 Å². The minimum atomic E-state index is -0.769. The van der Waals surface area contributed by atoms with E-state index in [0.717, 1.165) is 25.1 Å². The predicted molar refractivity (Wildman–Crippen MR) is 74.7 cm³/mol. The summed E-state index contributed by atoms with van der Waals surface area (Å²) >= 11 is 0. The third-order valence-corrected chi connectivity index (χ3v) is 3.74. The van der Waals surface area contributed by atoms with Crippen molar-refractivity contribution in [3.05, 3.63) is 23.4 Å². The number of rotatable bonds is 5. The highest BCUT2D eigenvalue weighted by Crippen LogP contribution is 2.28. The maximum atomic E-state index is 11.6. The molecule has 0 spiro atoms. The van der Waals surface area contributed by atoms with Gasteiger partial charge in [-0.15, -0.1) is 0 Å². The number of nitrogens with two attached hydrogens (primary N) is 1. The summed E-state index contributed by atoms with van der Waals surface area (Å²) in [6.07, 6.45) is 3.43. The molecule has 1 saturated heterocycles. The highest BCUT2D eigenvalue weighted by atomic mass is 16.4. The summed E-state index contributed by atoms with van der Waals surface area (Å²) in [6.45, 7) is 3.34. The van der Waals surface area contributed by atoms with Gasteiger partial charge in [0.25, 0.3) is 5.91 Å². The second kappa shape index (κ2) is 5.90. The van der Waals surface area contributed by atoms with Crippen molar-refractivity contribution in [3.8, 4) is 0 Å². The molecule has 1 unspecified atom stereocenters. The zero-order valence-corrected chi connectivity index (χ0v) is 11.5. The van der Waals surface area contributed by atoms with Gasteiger partial charge in [-0.2, -0.15) is 0 Å². The van der Waals surface area contributed by atoms with Gasteiger partial charge in [0, 0.05) is 25.7 Å². The Hall–Kier alpha value is -2.11. The molecule has 0 bridgehead atoms. The largest absolute Gasteiger partial charge is 0.481 e. The maximum Gasteiger partial charge on any atom is 0.303 e. The minimum absolute atomic E-state index is 0.183. The number of anilines is 1. The summed E-state index contributed by atoms with van der Waals surface area (Å²) in [4.78, 5) is 28.5. The first-order valence-electron chi connectivity index (χ1n) is 6.71. The average Bonchev–Trinajstić information content (AvgIpc) is 2.84. The fourth-order valence-corrected chi connectivity index (χ4v) is 2.68. The van der Waals surface area contributed by atoms with Crippen molar-refractivity contribution in [3.63, 3.8) is 0 Å². The molecular formula is C14H19N3O3. The van der Waals surface area contributed by atoms with E-state index in [-0.39, 0.29) is 6.42 Å². The summed E-state index contributed by atoms with van der Waals surface area (Å²) in [7, 11) is 0. The Labute approximate surface area is 117 Å². The number of carboxylic acids is 1. The summed E-state index contributed by atoms with van der Waals surface area (Å²) in [5, 5.41) is 8.72. The molecule has 6 nitrogen and oxygen atoms in total. The number of aryl methyl sites for hydroxylation is 1. The average molecular weight is 277 g/mol. The van der Waals surface area contributed by atoms with E-state index < -0.39 is 11.9 Å². The second-order valence-corrected chi connectivity index (χ2v) is 5.22. The van der Waals surface area contributed by atoms with Crippen LogP contribution in [0.2, 0.25) is 0 Å². The van der Waals surface area contributed by atoms with Crippen molar-refractivity contribution < 1.29 is 14.7 Å². The number of carbonyl (C=O) groups excluding carboxylic acids is 1. The Balaban J connectivity index is 2.12. The topological polar surface area (TPSA) is 96.5 Å². The zero-order chi connectivity index (χ0) is 14.7. The van der Waals surface area contributed by atoms with Crippen molar-refractivity contribution in [2.75, 3.05) is 18.0 Å². The first-order chi connectivity index (χ1) is 9.49. The van der Waals surface area contributed by atoms with Gasteiger partial charge in [0.15, 0.2) is 0 Å². The van der Waals surface area contributed by atoms with Crippen LogP contribution in [0.15, 0.2) is 12.3 Å². The Morgan fingerprint density at radius 2 is 2.30 bits per heavy atom. The molecule has 1 aliphatic rings. The van der Waals surface area contributed by atoms with Crippen molar-refractivity contribution in [2.24, 2.45) is 11.7 Å². The van der Waals surface area contributed by atoms with Crippen LogP contribution in [0, 0.1) is 12.8 Å². The standard InChI is InChI=1S/C14H19N3O3/c1-9-4-6-16-14(12(9)13(15)20)17-7-5-10(8-17)2-3-11(18)19/h4,6,10H,2-3,5,7-8H2,1H3,(H2,15,20)(H,18,19). The predicted octanol–water partition coefficient (Wildman–Crippen LogP) is 1.18. The van der Waals surface area contributed by atoms with E-state index in [9.17, 15) is 9.59 Å². The van der Waals surface area contributed by atoms with Crippen LogP contribution in [0.3, 0.4) is 0 Å². The Morgan fingerprint density at radius 1 is 1.55 bits per heavy atom. The van der Waals surface area contributed by atoms with Gasteiger partial charge in [0.05, 0.1) is 5.56 Å². The van der Waals surface area contributed by atoms with Crippen LogP contribution in [-0.4, -0.2) is 35.1 Å². The fourth-order valence-electron chi connectivity index (χ4n) is 2.68. The number of hydrogen-bond donors (Lipinski definition) is 2. The molecule has 108 valence electrons. The molecule has 1 aliphatic heterocycles. The Kier molecular flexibility index (Phi) is 4.22. The molecule has 2 rings (SSSR count). The summed E-state index contributed by atoms with van der Waals surface area (Å²) in [6, 6.07) is 1.77. The van der Waals surface area contributed by atoms with Crippen molar-refractivity contribution in [1.82, 2.24) is 4.98 Å². The number of carbonyl (C=O) groups is 2. The third-order valence-electron chi connectivity index (χ3n) is 3.74. The van der Waals surface area contributed by atoms with E-state index in [1.165, 1.54) is 0 Å². The molecule has 1 aromatic heterocycles. The maximum absolute atomic E-state index is 11.6. The zero-order valence-electron chi connectivity index (χ0n) is 11.5. The molecule has 0 radical (unpaired) electrons. The van der Waals surface area contributed by atoms with Gasteiger partial charge in [0.1, 0.15) is 5.82 Å². The monoisotopic (exact) mass is 277 g/mol. The normalized spacial score (nSPS) is 18.2. The quantitative estimate of drug-likeness (QED) is 0.842. The minimum Gasteiger partial charge on any atom is -0.481 e. The summed E-state index contributed by atoms with van der Waals surface area (Å²) in [5.74, 6) is -0.293.